The van der Waals surface area contributed by atoms with Gasteiger partial charge in [0.25, 0.3) is 0 Å². The van der Waals surface area contributed by atoms with Gasteiger partial charge in [0.1, 0.15) is 5.75 Å². The van der Waals surface area contributed by atoms with Gasteiger partial charge < -0.3 is 10.1 Å². The number of hydrogen-bond donors (Lipinski definition) is 1. The zero-order valence-electron chi connectivity index (χ0n) is 11.9. The van der Waals surface area contributed by atoms with Gasteiger partial charge in [-0.3, -0.25) is 0 Å². The SMILES string of the molecule is CNC(c1cc(C)c(Br)s1)c1cc(Br)c(C)cc1OC. The molecule has 0 spiro atoms. The molecule has 1 aromatic carbocycles. The molecule has 0 bridgehead atoms. The van der Waals surface area contributed by atoms with E-state index in [4.69, 9.17) is 4.74 Å². The van der Waals surface area contributed by atoms with Crippen LogP contribution in [0.5, 0.6) is 5.75 Å². The van der Waals surface area contributed by atoms with E-state index in [2.05, 4.69) is 69.2 Å². The molecule has 1 atom stereocenters. The van der Waals surface area contributed by atoms with E-state index < -0.39 is 0 Å². The molecule has 0 saturated heterocycles. The first kappa shape index (κ1) is 16.0. The second-order valence-electron chi connectivity index (χ2n) is 4.67. The third-order valence-corrected chi connectivity index (χ3v) is 6.33. The normalized spacial score (nSPS) is 12.5. The lowest BCUT2D eigenvalue weighted by Crippen LogP contribution is -2.17. The summed E-state index contributed by atoms with van der Waals surface area (Å²) in [7, 11) is 3.69. The lowest BCUT2D eigenvalue weighted by molar-refractivity contribution is 0.405. The van der Waals surface area contributed by atoms with Gasteiger partial charge in [-0.25, -0.2) is 0 Å². The second kappa shape index (κ2) is 6.60. The van der Waals surface area contributed by atoms with Crippen LogP contribution in [0, 0.1) is 13.8 Å². The second-order valence-corrected chi connectivity index (χ2v) is 7.93. The number of aryl methyl sites for hydroxylation is 2. The van der Waals surface area contributed by atoms with Crippen molar-refractivity contribution in [1.82, 2.24) is 5.32 Å². The fourth-order valence-corrected chi connectivity index (χ4v) is 4.21. The monoisotopic (exact) mass is 417 g/mol. The van der Waals surface area contributed by atoms with Gasteiger partial charge in [-0.2, -0.15) is 0 Å². The Balaban J connectivity index is 2.54. The van der Waals surface area contributed by atoms with Crippen molar-refractivity contribution >= 4 is 43.2 Å². The Hall–Kier alpha value is -0.360. The molecule has 2 rings (SSSR count). The number of ether oxygens (including phenoxy) is 1. The van der Waals surface area contributed by atoms with Gasteiger partial charge in [-0.1, -0.05) is 15.9 Å². The van der Waals surface area contributed by atoms with Gasteiger partial charge in [0.05, 0.1) is 16.9 Å². The van der Waals surface area contributed by atoms with Crippen LogP contribution in [0.1, 0.15) is 27.6 Å². The molecule has 5 heteroatoms. The molecule has 2 nitrogen and oxygen atoms in total. The van der Waals surface area contributed by atoms with Gasteiger partial charge in [-0.05, 0) is 66.2 Å². The molecule has 0 radical (unpaired) electrons. The van der Waals surface area contributed by atoms with E-state index in [-0.39, 0.29) is 6.04 Å². The van der Waals surface area contributed by atoms with Crippen LogP contribution in [-0.2, 0) is 0 Å². The van der Waals surface area contributed by atoms with E-state index in [1.807, 2.05) is 7.05 Å². The van der Waals surface area contributed by atoms with E-state index in [9.17, 15) is 0 Å². The number of rotatable bonds is 4. The Bertz CT molecular complexity index is 605. The fourth-order valence-electron chi connectivity index (χ4n) is 2.15. The lowest BCUT2D eigenvalue weighted by atomic mass is 10.0. The Morgan fingerprint density at radius 2 is 1.85 bits per heavy atom. The molecular weight excluding hydrogens is 402 g/mol. The van der Waals surface area contributed by atoms with Crippen molar-refractivity contribution in [2.24, 2.45) is 0 Å². The molecule has 0 fully saturated rings. The quantitative estimate of drug-likeness (QED) is 0.735. The third-order valence-electron chi connectivity index (χ3n) is 3.27. The van der Waals surface area contributed by atoms with E-state index in [0.717, 1.165) is 15.8 Å². The van der Waals surface area contributed by atoms with Crippen LogP contribution in [0.2, 0.25) is 0 Å². The molecule has 20 heavy (non-hydrogen) atoms. The van der Waals surface area contributed by atoms with Crippen molar-refractivity contribution in [3.8, 4) is 5.75 Å². The molecule has 2 aromatic rings. The summed E-state index contributed by atoms with van der Waals surface area (Å²) in [5.74, 6) is 0.909. The van der Waals surface area contributed by atoms with Crippen LogP contribution in [0.3, 0.4) is 0 Å². The van der Waals surface area contributed by atoms with Crippen LogP contribution in [-0.4, -0.2) is 14.2 Å². The summed E-state index contributed by atoms with van der Waals surface area (Å²) in [5, 5.41) is 3.39. The summed E-state index contributed by atoms with van der Waals surface area (Å²) in [4.78, 5) is 1.27. The number of thiophene rings is 1. The van der Waals surface area contributed by atoms with Crippen LogP contribution < -0.4 is 10.1 Å². The Morgan fingerprint density at radius 1 is 1.15 bits per heavy atom. The molecule has 1 unspecified atom stereocenters. The minimum atomic E-state index is 0.122. The molecule has 108 valence electrons. The highest BCUT2D eigenvalue weighted by Crippen LogP contribution is 2.39. The van der Waals surface area contributed by atoms with Crippen molar-refractivity contribution in [1.29, 1.82) is 0 Å². The summed E-state index contributed by atoms with van der Waals surface area (Å²) in [5.41, 5.74) is 3.57. The highest BCUT2D eigenvalue weighted by molar-refractivity contribution is 9.11. The number of halogens is 2. The van der Waals surface area contributed by atoms with Gasteiger partial charge in [0.2, 0.25) is 0 Å². The number of benzene rings is 1. The highest BCUT2D eigenvalue weighted by Gasteiger charge is 2.20. The van der Waals surface area contributed by atoms with Gasteiger partial charge in [0, 0.05) is 14.9 Å². The van der Waals surface area contributed by atoms with E-state index in [1.165, 1.54) is 19.8 Å². The molecule has 0 amide bonds. The zero-order valence-corrected chi connectivity index (χ0v) is 15.9. The number of nitrogens with one attached hydrogen (secondary N) is 1. The minimum absolute atomic E-state index is 0.122. The smallest absolute Gasteiger partial charge is 0.124 e. The van der Waals surface area contributed by atoms with Crippen molar-refractivity contribution in [3.05, 3.63) is 48.0 Å². The standard InChI is InChI=1S/C15H17Br2NOS/c1-8-5-12(19-4)10(7-11(8)16)14(18-3)13-6-9(2)15(17)20-13/h5-7,14,18H,1-4H3. The Kier molecular flexibility index (Phi) is 5.29. The number of hydrogen-bond acceptors (Lipinski definition) is 3. The Labute approximate surface area is 140 Å². The number of methoxy groups -OCH3 is 1. The predicted octanol–water partition coefficient (Wildman–Crippen LogP) is 5.21. The summed E-state index contributed by atoms with van der Waals surface area (Å²) < 4.78 is 7.83. The average molecular weight is 419 g/mol. The summed E-state index contributed by atoms with van der Waals surface area (Å²) >= 11 is 8.96. The van der Waals surface area contributed by atoms with E-state index >= 15 is 0 Å². The van der Waals surface area contributed by atoms with Crippen molar-refractivity contribution in [2.75, 3.05) is 14.2 Å². The average Bonchev–Trinajstić information content (AvgIpc) is 2.74. The van der Waals surface area contributed by atoms with Crippen LogP contribution in [0.15, 0.2) is 26.5 Å². The first-order valence-corrected chi connectivity index (χ1v) is 8.65. The van der Waals surface area contributed by atoms with Crippen LogP contribution >= 0.6 is 43.2 Å². The largest absolute Gasteiger partial charge is 0.496 e. The predicted molar refractivity (Wildman–Crippen MR) is 93.1 cm³/mol. The first-order chi connectivity index (χ1) is 9.47. The van der Waals surface area contributed by atoms with E-state index in [0.29, 0.717) is 0 Å². The maximum atomic E-state index is 5.55. The third kappa shape index (κ3) is 3.11. The fraction of sp³-hybridized carbons (Fsp3) is 0.333. The first-order valence-electron chi connectivity index (χ1n) is 6.25. The Morgan fingerprint density at radius 3 is 2.35 bits per heavy atom. The van der Waals surface area contributed by atoms with Gasteiger partial charge in [-0.15, -0.1) is 11.3 Å². The lowest BCUT2D eigenvalue weighted by Gasteiger charge is -2.19. The van der Waals surface area contributed by atoms with Gasteiger partial charge in [0.15, 0.2) is 0 Å². The van der Waals surface area contributed by atoms with Crippen molar-refractivity contribution in [3.63, 3.8) is 0 Å². The zero-order chi connectivity index (χ0) is 14.9. The van der Waals surface area contributed by atoms with Gasteiger partial charge >= 0.3 is 0 Å². The molecule has 0 aliphatic carbocycles. The molecular formula is C15H17Br2NOS. The van der Waals surface area contributed by atoms with Crippen molar-refractivity contribution in [2.45, 2.75) is 19.9 Å². The topological polar surface area (TPSA) is 21.3 Å². The van der Waals surface area contributed by atoms with Crippen LogP contribution in [0.25, 0.3) is 0 Å². The van der Waals surface area contributed by atoms with Crippen molar-refractivity contribution < 1.29 is 4.74 Å². The highest BCUT2D eigenvalue weighted by atomic mass is 79.9. The molecule has 0 saturated carbocycles. The van der Waals surface area contributed by atoms with E-state index in [1.54, 1.807) is 18.4 Å². The summed E-state index contributed by atoms with van der Waals surface area (Å²) in [6.45, 7) is 4.18. The maximum absolute atomic E-state index is 5.55. The molecule has 1 aromatic heterocycles. The van der Waals surface area contributed by atoms with Crippen LogP contribution in [0.4, 0.5) is 0 Å². The molecule has 0 aliphatic rings. The minimum Gasteiger partial charge on any atom is -0.496 e. The maximum Gasteiger partial charge on any atom is 0.124 e. The summed E-state index contributed by atoms with van der Waals surface area (Å²) in [6, 6.07) is 6.54. The summed E-state index contributed by atoms with van der Waals surface area (Å²) in [6.07, 6.45) is 0. The molecule has 0 aliphatic heterocycles. The molecule has 1 N–H and O–H groups in total. The molecule has 1 heterocycles.